The van der Waals surface area contributed by atoms with Gasteiger partial charge in [0, 0.05) is 43.6 Å². The minimum atomic E-state index is 0.456. The summed E-state index contributed by atoms with van der Waals surface area (Å²) in [6.07, 6.45) is 2.64. The van der Waals surface area contributed by atoms with Crippen molar-refractivity contribution in [1.82, 2.24) is 19.9 Å². The van der Waals surface area contributed by atoms with Gasteiger partial charge in [-0.2, -0.15) is 0 Å². The van der Waals surface area contributed by atoms with E-state index in [1.165, 1.54) is 0 Å². The standard InChI is InChI=1S/C20H29N5O/c1-4-16-13-19(24-20(23-16)17-7-5-6-8-21-17)22-14-18(15(2)3)25-9-11-26-12-10-25/h5-8,13,15,18H,4,9-12,14H2,1-3H3,(H,22,23,24). The largest absolute Gasteiger partial charge is 0.379 e. The van der Waals surface area contributed by atoms with Crippen LogP contribution in [0.4, 0.5) is 5.82 Å². The molecule has 0 bridgehead atoms. The Morgan fingerprint density at radius 2 is 2.00 bits per heavy atom. The van der Waals surface area contributed by atoms with Gasteiger partial charge < -0.3 is 10.1 Å². The molecular formula is C20H29N5O. The quantitative estimate of drug-likeness (QED) is 0.824. The topological polar surface area (TPSA) is 63.2 Å². The van der Waals surface area contributed by atoms with Gasteiger partial charge in [0.1, 0.15) is 11.5 Å². The van der Waals surface area contributed by atoms with Crippen molar-refractivity contribution >= 4 is 5.82 Å². The highest BCUT2D eigenvalue weighted by molar-refractivity contribution is 5.52. The zero-order valence-electron chi connectivity index (χ0n) is 16.0. The second kappa shape index (κ2) is 9.05. The number of anilines is 1. The molecular weight excluding hydrogens is 326 g/mol. The van der Waals surface area contributed by atoms with E-state index in [1.807, 2.05) is 24.3 Å². The van der Waals surface area contributed by atoms with Gasteiger partial charge in [0.05, 0.1) is 13.2 Å². The van der Waals surface area contributed by atoms with Crippen LogP contribution < -0.4 is 5.32 Å². The van der Waals surface area contributed by atoms with Gasteiger partial charge in [0.15, 0.2) is 5.82 Å². The van der Waals surface area contributed by atoms with E-state index in [2.05, 4.69) is 41.0 Å². The zero-order chi connectivity index (χ0) is 18.4. The summed E-state index contributed by atoms with van der Waals surface area (Å²) in [7, 11) is 0. The molecule has 6 heteroatoms. The number of aromatic nitrogens is 3. The monoisotopic (exact) mass is 355 g/mol. The molecule has 0 aromatic carbocycles. The van der Waals surface area contributed by atoms with Crippen molar-refractivity contribution < 1.29 is 4.74 Å². The van der Waals surface area contributed by atoms with Crippen LogP contribution in [0.1, 0.15) is 26.5 Å². The molecule has 1 aliphatic heterocycles. The number of pyridine rings is 1. The summed E-state index contributed by atoms with van der Waals surface area (Å²) >= 11 is 0. The molecule has 3 heterocycles. The van der Waals surface area contributed by atoms with Gasteiger partial charge in [-0.1, -0.05) is 26.8 Å². The van der Waals surface area contributed by atoms with Crippen LogP contribution in [0, 0.1) is 5.92 Å². The average molecular weight is 355 g/mol. The average Bonchev–Trinajstić information content (AvgIpc) is 2.69. The first-order valence-electron chi connectivity index (χ1n) is 9.52. The highest BCUT2D eigenvalue weighted by Crippen LogP contribution is 2.18. The summed E-state index contributed by atoms with van der Waals surface area (Å²) in [6, 6.07) is 8.32. The van der Waals surface area contributed by atoms with Crippen molar-refractivity contribution in [2.75, 3.05) is 38.2 Å². The Hall–Kier alpha value is -2.05. The fourth-order valence-electron chi connectivity index (χ4n) is 3.28. The SMILES string of the molecule is CCc1cc(NCC(C(C)C)N2CCOCC2)nc(-c2ccccn2)n1. The van der Waals surface area contributed by atoms with Crippen LogP contribution in [0.5, 0.6) is 0 Å². The van der Waals surface area contributed by atoms with Gasteiger partial charge >= 0.3 is 0 Å². The normalized spacial score (nSPS) is 16.6. The lowest BCUT2D eigenvalue weighted by atomic mass is 10.0. The number of nitrogens with one attached hydrogen (secondary N) is 1. The molecule has 1 aliphatic rings. The highest BCUT2D eigenvalue weighted by atomic mass is 16.5. The van der Waals surface area contributed by atoms with Crippen molar-refractivity contribution in [3.05, 3.63) is 36.2 Å². The lowest BCUT2D eigenvalue weighted by Crippen LogP contribution is -2.49. The third-order valence-corrected chi connectivity index (χ3v) is 4.81. The van der Waals surface area contributed by atoms with Gasteiger partial charge in [0.25, 0.3) is 0 Å². The fraction of sp³-hybridized carbons (Fsp3) is 0.550. The van der Waals surface area contributed by atoms with E-state index in [9.17, 15) is 0 Å². The maximum atomic E-state index is 5.50. The number of aryl methyl sites for hydroxylation is 1. The van der Waals surface area contributed by atoms with E-state index in [0.29, 0.717) is 17.8 Å². The summed E-state index contributed by atoms with van der Waals surface area (Å²) in [6.45, 7) is 11.2. The number of nitrogens with zero attached hydrogens (tertiary/aromatic N) is 4. The second-order valence-corrected chi connectivity index (χ2v) is 6.98. The second-order valence-electron chi connectivity index (χ2n) is 6.98. The Kier molecular flexibility index (Phi) is 6.52. The van der Waals surface area contributed by atoms with Gasteiger partial charge in [-0.3, -0.25) is 9.88 Å². The molecule has 0 saturated carbocycles. The first kappa shape index (κ1) is 18.7. The Morgan fingerprint density at radius 3 is 2.65 bits per heavy atom. The van der Waals surface area contributed by atoms with E-state index in [-0.39, 0.29) is 0 Å². The summed E-state index contributed by atoms with van der Waals surface area (Å²) < 4.78 is 5.50. The summed E-state index contributed by atoms with van der Waals surface area (Å²) in [4.78, 5) is 16.2. The number of hydrogen-bond acceptors (Lipinski definition) is 6. The molecule has 2 aromatic rings. The number of morpholine rings is 1. The van der Waals surface area contributed by atoms with Crippen LogP contribution in [0.25, 0.3) is 11.5 Å². The number of ether oxygens (including phenoxy) is 1. The maximum Gasteiger partial charge on any atom is 0.180 e. The molecule has 140 valence electrons. The van der Waals surface area contributed by atoms with Crippen molar-refractivity contribution in [2.24, 2.45) is 5.92 Å². The third-order valence-electron chi connectivity index (χ3n) is 4.81. The van der Waals surface area contributed by atoms with Crippen LogP contribution in [0.2, 0.25) is 0 Å². The minimum Gasteiger partial charge on any atom is -0.379 e. The summed E-state index contributed by atoms with van der Waals surface area (Å²) in [5.74, 6) is 2.11. The van der Waals surface area contributed by atoms with Crippen molar-refractivity contribution in [1.29, 1.82) is 0 Å². The van der Waals surface area contributed by atoms with Gasteiger partial charge in [-0.25, -0.2) is 9.97 Å². The van der Waals surface area contributed by atoms with E-state index in [4.69, 9.17) is 9.72 Å². The lowest BCUT2D eigenvalue weighted by molar-refractivity contribution is 0.00953. The lowest BCUT2D eigenvalue weighted by Gasteiger charge is -2.37. The minimum absolute atomic E-state index is 0.456. The molecule has 0 spiro atoms. The summed E-state index contributed by atoms with van der Waals surface area (Å²) in [5.41, 5.74) is 1.83. The van der Waals surface area contributed by atoms with E-state index in [1.54, 1.807) is 6.20 Å². The van der Waals surface area contributed by atoms with Crippen molar-refractivity contribution in [3.8, 4) is 11.5 Å². The first-order valence-corrected chi connectivity index (χ1v) is 9.52. The highest BCUT2D eigenvalue weighted by Gasteiger charge is 2.23. The molecule has 3 rings (SSSR count). The zero-order valence-corrected chi connectivity index (χ0v) is 16.0. The predicted molar refractivity (Wildman–Crippen MR) is 104 cm³/mol. The molecule has 0 aliphatic carbocycles. The van der Waals surface area contributed by atoms with E-state index >= 15 is 0 Å². The molecule has 0 amide bonds. The molecule has 26 heavy (non-hydrogen) atoms. The smallest absolute Gasteiger partial charge is 0.180 e. The third kappa shape index (κ3) is 4.77. The maximum absolute atomic E-state index is 5.50. The Morgan fingerprint density at radius 1 is 1.19 bits per heavy atom. The Bertz CT molecular complexity index is 686. The van der Waals surface area contributed by atoms with Crippen molar-refractivity contribution in [2.45, 2.75) is 33.2 Å². The van der Waals surface area contributed by atoms with Crippen LogP contribution in [0.3, 0.4) is 0 Å². The molecule has 1 unspecified atom stereocenters. The predicted octanol–water partition coefficient (Wildman–Crippen LogP) is 2.87. The fourth-order valence-corrected chi connectivity index (χ4v) is 3.28. The van der Waals surface area contributed by atoms with Gasteiger partial charge in [-0.05, 0) is 24.5 Å². The van der Waals surface area contributed by atoms with Gasteiger partial charge in [-0.15, -0.1) is 0 Å². The van der Waals surface area contributed by atoms with Crippen LogP contribution >= 0.6 is 0 Å². The molecule has 1 N–H and O–H groups in total. The Labute approximate surface area is 156 Å². The molecule has 1 fully saturated rings. The van der Waals surface area contributed by atoms with Crippen molar-refractivity contribution in [3.63, 3.8) is 0 Å². The Balaban J connectivity index is 1.75. The first-order chi connectivity index (χ1) is 12.7. The summed E-state index contributed by atoms with van der Waals surface area (Å²) in [5, 5.41) is 3.55. The van der Waals surface area contributed by atoms with Gasteiger partial charge in [0.2, 0.25) is 0 Å². The molecule has 1 atom stereocenters. The van der Waals surface area contributed by atoms with E-state index < -0.39 is 0 Å². The number of rotatable bonds is 7. The van der Waals surface area contributed by atoms with E-state index in [0.717, 1.165) is 56.5 Å². The van der Waals surface area contributed by atoms with Crippen LogP contribution in [-0.2, 0) is 11.2 Å². The van der Waals surface area contributed by atoms with Crippen LogP contribution in [0.15, 0.2) is 30.5 Å². The molecule has 2 aromatic heterocycles. The molecule has 0 radical (unpaired) electrons. The molecule has 6 nitrogen and oxygen atoms in total. The van der Waals surface area contributed by atoms with Crippen LogP contribution in [-0.4, -0.2) is 58.7 Å². The molecule has 1 saturated heterocycles. The number of hydrogen-bond donors (Lipinski definition) is 1.